The molecule has 1 aliphatic rings. The van der Waals surface area contributed by atoms with Gasteiger partial charge in [0.25, 0.3) is 0 Å². The molecule has 0 unspecified atom stereocenters. The number of hydrogen-bond acceptors (Lipinski definition) is 2. The maximum Gasteiger partial charge on any atom is 0.0346 e. The summed E-state index contributed by atoms with van der Waals surface area (Å²) in [6.07, 6.45) is 3.99. The Balaban J connectivity index is 2.02. The molecule has 3 rings (SSSR count). The molecule has 1 aromatic heterocycles. The SMILES string of the molecule is c1ccc2c([C@@H]3CCCCN3)csc2c1. The molecule has 1 nitrogen and oxygen atoms in total. The topological polar surface area (TPSA) is 12.0 Å². The number of rotatable bonds is 1. The van der Waals surface area contributed by atoms with E-state index in [2.05, 4.69) is 35.0 Å². The standard InChI is InChI=1S/C13H15NS/c1-2-7-13-10(5-1)11(9-15-13)12-6-3-4-8-14-12/h1-2,5,7,9,12,14H,3-4,6,8H2/t12-/m0/s1. The van der Waals surface area contributed by atoms with Crippen LogP contribution >= 0.6 is 11.3 Å². The average molecular weight is 217 g/mol. The largest absolute Gasteiger partial charge is 0.310 e. The summed E-state index contributed by atoms with van der Waals surface area (Å²) < 4.78 is 1.42. The molecule has 0 radical (unpaired) electrons. The van der Waals surface area contributed by atoms with Crippen molar-refractivity contribution in [2.75, 3.05) is 6.54 Å². The van der Waals surface area contributed by atoms with E-state index >= 15 is 0 Å². The van der Waals surface area contributed by atoms with Crippen molar-refractivity contribution in [1.82, 2.24) is 5.32 Å². The van der Waals surface area contributed by atoms with Crippen LogP contribution in [0.2, 0.25) is 0 Å². The number of piperidine rings is 1. The van der Waals surface area contributed by atoms with Gasteiger partial charge in [0.05, 0.1) is 0 Å². The van der Waals surface area contributed by atoms with Gasteiger partial charge in [-0.2, -0.15) is 0 Å². The highest BCUT2D eigenvalue weighted by atomic mass is 32.1. The van der Waals surface area contributed by atoms with Crippen molar-refractivity contribution < 1.29 is 0 Å². The molecule has 2 heteroatoms. The average Bonchev–Trinajstić information content (AvgIpc) is 2.74. The summed E-state index contributed by atoms with van der Waals surface area (Å²) in [7, 11) is 0. The Morgan fingerprint density at radius 1 is 1.20 bits per heavy atom. The second kappa shape index (κ2) is 3.95. The van der Waals surface area contributed by atoms with E-state index in [1.165, 1.54) is 41.5 Å². The highest BCUT2D eigenvalue weighted by Gasteiger charge is 2.17. The molecule has 1 fully saturated rings. The van der Waals surface area contributed by atoms with E-state index in [9.17, 15) is 0 Å². The summed E-state index contributed by atoms with van der Waals surface area (Å²) in [5.74, 6) is 0. The third-order valence-corrected chi connectivity index (χ3v) is 4.18. The predicted molar refractivity (Wildman–Crippen MR) is 66.4 cm³/mol. The molecule has 0 aliphatic carbocycles. The van der Waals surface area contributed by atoms with Gasteiger partial charge in [0.15, 0.2) is 0 Å². The van der Waals surface area contributed by atoms with Gasteiger partial charge in [0, 0.05) is 10.7 Å². The van der Waals surface area contributed by atoms with Crippen LogP contribution in [-0.2, 0) is 0 Å². The highest BCUT2D eigenvalue weighted by molar-refractivity contribution is 7.17. The fraction of sp³-hybridized carbons (Fsp3) is 0.385. The Morgan fingerprint density at radius 2 is 2.13 bits per heavy atom. The molecule has 0 amide bonds. The molecule has 0 bridgehead atoms. The van der Waals surface area contributed by atoms with E-state index in [1.807, 2.05) is 11.3 Å². The summed E-state index contributed by atoms with van der Waals surface area (Å²) in [5, 5.41) is 7.39. The van der Waals surface area contributed by atoms with Gasteiger partial charge in [-0.25, -0.2) is 0 Å². The number of thiophene rings is 1. The highest BCUT2D eigenvalue weighted by Crippen LogP contribution is 2.33. The predicted octanol–water partition coefficient (Wildman–Crippen LogP) is 3.72. The van der Waals surface area contributed by atoms with Crippen molar-refractivity contribution in [3.63, 3.8) is 0 Å². The Hall–Kier alpha value is -0.860. The smallest absolute Gasteiger partial charge is 0.0346 e. The Bertz CT molecular complexity index is 454. The minimum Gasteiger partial charge on any atom is -0.310 e. The molecule has 78 valence electrons. The summed E-state index contributed by atoms with van der Waals surface area (Å²) >= 11 is 1.87. The lowest BCUT2D eigenvalue weighted by Crippen LogP contribution is -2.26. The summed E-state index contributed by atoms with van der Waals surface area (Å²) in [6, 6.07) is 9.32. The molecule has 2 heterocycles. The second-order valence-corrected chi connectivity index (χ2v) is 5.10. The van der Waals surface area contributed by atoms with Crippen molar-refractivity contribution in [2.24, 2.45) is 0 Å². The summed E-state index contributed by atoms with van der Waals surface area (Å²) in [4.78, 5) is 0. The molecule has 2 aromatic rings. The first-order valence-electron chi connectivity index (χ1n) is 5.65. The molecule has 0 saturated carbocycles. The van der Waals surface area contributed by atoms with E-state index in [1.54, 1.807) is 0 Å². The van der Waals surface area contributed by atoms with Crippen molar-refractivity contribution >= 4 is 21.4 Å². The first-order chi connectivity index (χ1) is 7.45. The van der Waals surface area contributed by atoms with E-state index in [4.69, 9.17) is 0 Å². The summed E-state index contributed by atoms with van der Waals surface area (Å²) in [6.45, 7) is 1.18. The number of hydrogen-bond donors (Lipinski definition) is 1. The van der Waals surface area contributed by atoms with Crippen molar-refractivity contribution in [3.8, 4) is 0 Å². The van der Waals surface area contributed by atoms with Crippen molar-refractivity contribution in [2.45, 2.75) is 25.3 Å². The quantitative estimate of drug-likeness (QED) is 0.767. The molecule has 1 saturated heterocycles. The zero-order chi connectivity index (χ0) is 10.1. The van der Waals surface area contributed by atoms with Gasteiger partial charge in [0.2, 0.25) is 0 Å². The number of benzene rings is 1. The van der Waals surface area contributed by atoms with Crippen LogP contribution < -0.4 is 5.32 Å². The van der Waals surface area contributed by atoms with Crippen LogP contribution in [0.3, 0.4) is 0 Å². The minimum atomic E-state index is 0.592. The zero-order valence-electron chi connectivity index (χ0n) is 8.70. The molecule has 1 aromatic carbocycles. The molecule has 1 aliphatic heterocycles. The maximum atomic E-state index is 3.62. The van der Waals surface area contributed by atoms with Crippen LogP contribution in [0.5, 0.6) is 0 Å². The van der Waals surface area contributed by atoms with Gasteiger partial charge < -0.3 is 5.32 Å². The van der Waals surface area contributed by atoms with E-state index in [-0.39, 0.29) is 0 Å². The molecule has 15 heavy (non-hydrogen) atoms. The molecular weight excluding hydrogens is 202 g/mol. The van der Waals surface area contributed by atoms with Gasteiger partial charge in [-0.1, -0.05) is 24.6 Å². The molecule has 0 spiro atoms. The van der Waals surface area contributed by atoms with Crippen molar-refractivity contribution in [1.29, 1.82) is 0 Å². The number of nitrogens with one attached hydrogen (secondary N) is 1. The lowest BCUT2D eigenvalue weighted by Gasteiger charge is -2.23. The monoisotopic (exact) mass is 217 g/mol. The van der Waals surface area contributed by atoms with Gasteiger partial charge in [0.1, 0.15) is 0 Å². The van der Waals surface area contributed by atoms with E-state index in [0.717, 1.165) is 0 Å². The van der Waals surface area contributed by atoms with Crippen molar-refractivity contribution in [3.05, 3.63) is 35.2 Å². The normalized spacial score (nSPS) is 22.0. The molecular formula is C13H15NS. The van der Waals surface area contributed by atoms with Crippen LogP contribution in [0.25, 0.3) is 10.1 Å². The zero-order valence-corrected chi connectivity index (χ0v) is 9.52. The Morgan fingerprint density at radius 3 is 3.00 bits per heavy atom. The summed E-state index contributed by atoms with van der Waals surface area (Å²) in [5.41, 5.74) is 1.51. The van der Waals surface area contributed by atoms with Gasteiger partial charge in [-0.3, -0.25) is 0 Å². The maximum absolute atomic E-state index is 3.62. The Kier molecular flexibility index (Phi) is 2.47. The molecule has 1 N–H and O–H groups in total. The number of fused-ring (bicyclic) bond motifs is 1. The Labute approximate surface area is 94.1 Å². The second-order valence-electron chi connectivity index (χ2n) is 4.19. The lowest BCUT2D eigenvalue weighted by molar-refractivity contribution is 0.415. The van der Waals surface area contributed by atoms with Crippen LogP contribution in [-0.4, -0.2) is 6.54 Å². The van der Waals surface area contributed by atoms with E-state index < -0.39 is 0 Å². The molecule has 1 atom stereocenters. The third kappa shape index (κ3) is 1.68. The fourth-order valence-electron chi connectivity index (χ4n) is 2.39. The first-order valence-corrected chi connectivity index (χ1v) is 6.52. The van der Waals surface area contributed by atoms with Gasteiger partial charge in [-0.05, 0) is 41.8 Å². The lowest BCUT2D eigenvalue weighted by atomic mass is 9.97. The fourth-order valence-corrected chi connectivity index (χ4v) is 3.40. The van der Waals surface area contributed by atoms with E-state index in [0.29, 0.717) is 6.04 Å². The van der Waals surface area contributed by atoms with Crippen LogP contribution in [0.15, 0.2) is 29.6 Å². The minimum absolute atomic E-state index is 0.592. The van der Waals surface area contributed by atoms with Gasteiger partial charge >= 0.3 is 0 Å². The van der Waals surface area contributed by atoms with Crippen LogP contribution in [0, 0.1) is 0 Å². The third-order valence-electron chi connectivity index (χ3n) is 3.20. The van der Waals surface area contributed by atoms with Crippen LogP contribution in [0.1, 0.15) is 30.9 Å². The first kappa shape index (κ1) is 9.37. The van der Waals surface area contributed by atoms with Crippen LogP contribution in [0.4, 0.5) is 0 Å². The van der Waals surface area contributed by atoms with Gasteiger partial charge in [-0.15, -0.1) is 11.3 Å².